The summed E-state index contributed by atoms with van der Waals surface area (Å²) < 4.78 is 0. The normalized spacial score (nSPS) is 11.1. The molecule has 0 saturated carbocycles. The Hall–Kier alpha value is -1.62. The maximum atomic E-state index is 12.3. The number of thiocarbonyl (C=S) groups is 1. The van der Waals surface area contributed by atoms with E-state index in [2.05, 4.69) is 5.32 Å². The van der Waals surface area contributed by atoms with Crippen LogP contribution in [0.1, 0.15) is 42.6 Å². The molecule has 0 spiro atoms. The molecule has 4 nitrogen and oxygen atoms in total. The first-order chi connectivity index (χ1) is 8.86. The van der Waals surface area contributed by atoms with E-state index in [9.17, 15) is 9.90 Å². The second kappa shape index (κ2) is 6.02. The molecule has 1 amide bonds. The van der Waals surface area contributed by atoms with Crippen molar-refractivity contribution in [2.45, 2.75) is 39.2 Å². The fourth-order valence-corrected chi connectivity index (χ4v) is 2.29. The number of aryl methyl sites for hydroxylation is 1. The number of rotatable bonds is 5. The molecule has 1 aromatic carbocycles. The minimum absolute atomic E-state index is 0.0489. The third-order valence-corrected chi connectivity index (χ3v) is 3.82. The highest BCUT2D eigenvalue weighted by Crippen LogP contribution is 2.21. The minimum atomic E-state index is -0.706. The lowest BCUT2D eigenvalue weighted by Gasteiger charge is -2.31. The van der Waals surface area contributed by atoms with Crippen molar-refractivity contribution in [3.05, 3.63) is 29.3 Å². The van der Waals surface area contributed by atoms with Gasteiger partial charge < -0.3 is 16.2 Å². The fraction of sp³-hybridized carbons (Fsp3) is 0.429. The van der Waals surface area contributed by atoms with E-state index in [-0.39, 0.29) is 22.2 Å². The highest BCUT2D eigenvalue weighted by atomic mass is 32.1. The Labute approximate surface area is 119 Å². The molecule has 19 heavy (non-hydrogen) atoms. The summed E-state index contributed by atoms with van der Waals surface area (Å²) in [4.78, 5) is 12.5. The van der Waals surface area contributed by atoms with Crippen LogP contribution in [-0.2, 0) is 0 Å². The summed E-state index contributed by atoms with van der Waals surface area (Å²) in [6.45, 7) is 5.69. The average Bonchev–Trinajstić information content (AvgIpc) is 2.38. The number of hydrogen-bond donors (Lipinski definition) is 3. The van der Waals surface area contributed by atoms with Crippen molar-refractivity contribution in [1.82, 2.24) is 5.32 Å². The molecule has 0 bridgehead atoms. The Morgan fingerprint density at radius 3 is 2.47 bits per heavy atom. The van der Waals surface area contributed by atoms with Crippen molar-refractivity contribution in [2.75, 3.05) is 0 Å². The fourth-order valence-electron chi connectivity index (χ4n) is 1.95. The summed E-state index contributed by atoms with van der Waals surface area (Å²) in [5.74, 6) is -0.412. The van der Waals surface area contributed by atoms with Crippen LogP contribution in [0.3, 0.4) is 0 Å². The van der Waals surface area contributed by atoms with E-state index in [1.54, 1.807) is 12.1 Å². The number of carbonyl (C=O) groups excluding carboxylic acids is 1. The van der Waals surface area contributed by atoms with Crippen LogP contribution in [0.5, 0.6) is 5.75 Å². The van der Waals surface area contributed by atoms with Crippen molar-refractivity contribution in [3.63, 3.8) is 0 Å². The first-order valence-electron chi connectivity index (χ1n) is 6.28. The summed E-state index contributed by atoms with van der Waals surface area (Å²) in [5.41, 5.74) is 6.17. The predicted molar refractivity (Wildman–Crippen MR) is 80.4 cm³/mol. The molecule has 1 aromatic rings. The van der Waals surface area contributed by atoms with Crippen molar-refractivity contribution < 1.29 is 9.90 Å². The minimum Gasteiger partial charge on any atom is -0.507 e. The van der Waals surface area contributed by atoms with Crippen LogP contribution in [0.2, 0.25) is 0 Å². The second-order valence-corrected chi connectivity index (χ2v) is 5.07. The van der Waals surface area contributed by atoms with Crippen LogP contribution in [0.25, 0.3) is 0 Å². The molecule has 0 radical (unpaired) electrons. The standard InChI is InChI=1S/C14H20N2O2S/c1-4-14(5-2,13(15)19)16-12(18)10-8-9(3)6-7-11(10)17/h6-8,17H,4-5H2,1-3H3,(H2,15,19)(H,16,18). The molecular formula is C14H20N2O2S. The lowest BCUT2D eigenvalue weighted by Crippen LogP contribution is -2.56. The van der Waals surface area contributed by atoms with E-state index in [0.29, 0.717) is 12.8 Å². The molecule has 0 aliphatic rings. The number of aromatic hydroxyl groups is 1. The second-order valence-electron chi connectivity index (χ2n) is 4.63. The van der Waals surface area contributed by atoms with Gasteiger partial charge in [-0.15, -0.1) is 0 Å². The Kier molecular flexibility index (Phi) is 4.89. The predicted octanol–water partition coefficient (Wildman–Crippen LogP) is 2.28. The van der Waals surface area contributed by atoms with Gasteiger partial charge in [-0.25, -0.2) is 0 Å². The van der Waals surface area contributed by atoms with E-state index in [1.165, 1.54) is 6.07 Å². The molecule has 0 atom stereocenters. The Balaban J connectivity index is 3.07. The van der Waals surface area contributed by atoms with Gasteiger partial charge in [0.1, 0.15) is 5.75 Å². The van der Waals surface area contributed by atoms with E-state index < -0.39 is 5.54 Å². The summed E-state index contributed by atoms with van der Waals surface area (Å²) in [5, 5.41) is 12.6. The number of hydrogen-bond acceptors (Lipinski definition) is 3. The zero-order chi connectivity index (χ0) is 14.6. The topological polar surface area (TPSA) is 75.3 Å². The molecule has 0 heterocycles. The van der Waals surface area contributed by atoms with Crippen molar-refractivity contribution in [1.29, 1.82) is 0 Å². The highest BCUT2D eigenvalue weighted by Gasteiger charge is 2.32. The maximum Gasteiger partial charge on any atom is 0.255 e. The van der Waals surface area contributed by atoms with E-state index in [4.69, 9.17) is 18.0 Å². The number of phenols is 1. The van der Waals surface area contributed by atoms with Crippen LogP contribution < -0.4 is 11.1 Å². The van der Waals surface area contributed by atoms with Crippen molar-refractivity contribution in [2.24, 2.45) is 5.73 Å². The van der Waals surface area contributed by atoms with Crippen molar-refractivity contribution in [3.8, 4) is 5.75 Å². The van der Waals surface area contributed by atoms with Gasteiger partial charge in [0.25, 0.3) is 5.91 Å². The van der Waals surface area contributed by atoms with Gasteiger partial charge in [-0.3, -0.25) is 4.79 Å². The smallest absolute Gasteiger partial charge is 0.255 e. The molecule has 5 heteroatoms. The molecule has 104 valence electrons. The zero-order valence-corrected chi connectivity index (χ0v) is 12.3. The summed E-state index contributed by atoms with van der Waals surface area (Å²) in [7, 11) is 0. The van der Waals surface area contributed by atoms with Gasteiger partial charge in [0.05, 0.1) is 16.1 Å². The van der Waals surface area contributed by atoms with Gasteiger partial charge in [0.2, 0.25) is 0 Å². The van der Waals surface area contributed by atoms with Gasteiger partial charge in [-0.1, -0.05) is 37.7 Å². The molecule has 0 aliphatic heterocycles. The molecule has 0 saturated heterocycles. The van der Waals surface area contributed by atoms with E-state index in [0.717, 1.165) is 5.56 Å². The van der Waals surface area contributed by atoms with Crippen LogP contribution in [0.4, 0.5) is 0 Å². The monoisotopic (exact) mass is 280 g/mol. The van der Waals surface area contributed by atoms with E-state index in [1.807, 2.05) is 20.8 Å². The molecular weight excluding hydrogens is 260 g/mol. The first kappa shape index (κ1) is 15.4. The third-order valence-electron chi connectivity index (χ3n) is 3.43. The van der Waals surface area contributed by atoms with Gasteiger partial charge in [-0.2, -0.15) is 0 Å². The Morgan fingerprint density at radius 1 is 1.42 bits per heavy atom. The zero-order valence-electron chi connectivity index (χ0n) is 11.5. The first-order valence-corrected chi connectivity index (χ1v) is 6.69. The van der Waals surface area contributed by atoms with Gasteiger partial charge >= 0.3 is 0 Å². The van der Waals surface area contributed by atoms with Gasteiger partial charge in [-0.05, 0) is 31.9 Å². The van der Waals surface area contributed by atoms with E-state index >= 15 is 0 Å². The van der Waals surface area contributed by atoms with Crippen LogP contribution in [-0.4, -0.2) is 21.5 Å². The Morgan fingerprint density at radius 2 is 2.00 bits per heavy atom. The third kappa shape index (κ3) is 3.23. The van der Waals surface area contributed by atoms with Gasteiger partial charge in [0, 0.05) is 0 Å². The van der Waals surface area contributed by atoms with Crippen LogP contribution >= 0.6 is 12.2 Å². The number of carbonyl (C=O) groups is 1. The molecule has 1 rings (SSSR count). The van der Waals surface area contributed by atoms with Crippen LogP contribution in [0, 0.1) is 6.92 Å². The lowest BCUT2D eigenvalue weighted by molar-refractivity contribution is 0.0917. The maximum absolute atomic E-state index is 12.3. The number of nitrogens with one attached hydrogen (secondary N) is 1. The molecule has 0 aromatic heterocycles. The number of amides is 1. The van der Waals surface area contributed by atoms with Crippen molar-refractivity contribution >= 4 is 23.1 Å². The largest absolute Gasteiger partial charge is 0.507 e. The SMILES string of the molecule is CCC(CC)(NC(=O)c1cc(C)ccc1O)C(N)=S. The molecule has 0 fully saturated rings. The average molecular weight is 280 g/mol. The Bertz CT molecular complexity index is 496. The molecule has 4 N–H and O–H groups in total. The number of phenolic OH excluding ortho intramolecular Hbond substituents is 1. The summed E-state index contributed by atoms with van der Waals surface area (Å²) in [6, 6.07) is 4.89. The van der Waals surface area contributed by atoms with Gasteiger partial charge in [0.15, 0.2) is 0 Å². The molecule has 0 aliphatic carbocycles. The lowest BCUT2D eigenvalue weighted by atomic mass is 9.92. The number of benzene rings is 1. The highest BCUT2D eigenvalue weighted by molar-refractivity contribution is 7.80. The number of nitrogens with two attached hydrogens (primary N) is 1. The molecule has 0 unspecified atom stereocenters. The summed E-state index contributed by atoms with van der Waals surface area (Å²) >= 11 is 5.06. The summed E-state index contributed by atoms with van der Waals surface area (Å²) in [6.07, 6.45) is 1.22. The quantitative estimate of drug-likeness (QED) is 0.723. The van der Waals surface area contributed by atoms with Crippen LogP contribution in [0.15, 0.2) is 18.2 Å².